The highest BCUT2D eigenvalue weighted by Gasteiger charge is 2.12. The average molecular weight is 457 g/mol. The Morgan fingerprint density at radius 2 is 1.88 bits per heavy atom. The molecule has 0 aliphatic carbocycles. The lowest BCUT2D eigenvalue weighted by molar-refractivity contribution is -0.116. The molecular weight excluding hydrogens is 431 g/mol. The molecule has 2 aromatic carbocycles. The van der Waals surface area contributed by atoms with Crippen molar-refractivity contribution in [2.24, 2.45) is 0 Å². The molecule has 0 spiro atoms. The second-order valence-corrected chi connectivity index (χ2v) is 8.34. The summed E-state index contributed by atoms with van der Waals surface area (Å²) in [6, 6.07) is 11.4. The van der Waals surface area contributed by atoms with Crippen molar-refractivity contribution in [1.82, 2.24) is 4.98 Å². The van der Waals surface area contributed by atoms with Crippen molar-refractivity contribution in [3.63, 3.8) is 0 Å². The van der Waals surface area contributed by atoms with E-state index in [-0.39, 0.29) is 23.9 Å². The van der Waals surface area contributed by atoms with Crippen molar-refractivity contribution in [3.05, 3.63) is 70.0 Å². The minimum absolute atomic E-state index is 0.0511. The van der Waals surface area contributed by atoms with E-state index in [0.29, 0.717) is 41.6 Å². The van der Waals surface area contributed by atoms with E-state index in [9.17, 15) is 14.0 Å². The maximum absolute atomic E-state index is 13.1. The van der Waals surface area contributed by atoms with Crippen molar-refractivity contribution < 1.29 is 23.5 Å². The number of hydrogen-bond acceptors (Lipinski definition) is 6. The second-order valence-electron chi connectivity index (χ2n) is 7.25. The number of hydrogen-bond donors (Lipinski definition) is 1. The van der Waals surface area contributed by atoms with Gasteiger partial charge in [-0.15, -0.1) is 11.3 Å². The Kier molecular flexibility index (Phi) is 7.94. The lowest BCUT2D eigenvalue weighted by atomic mass is 10.1. The Morgan fingerprint density at radius 1 is 1.12 bits per heavy atom. The molecule has 32 heavy (non-hydrogen) atoms. The number of anilines is 1. The van der Waals surface area contributed by atoms with Gasteiger partial charge in [-0.1, -0.05) is 12.1 Å². The van der Waals surface area contributed by atoms with Gasteiger partial charge in [0.1, 0.15) is 5.82 Å². The van der Waals surface area contributed by atoms with E-state index in [4.69, 9.17) is 9.47 Å². The van der Waals surface area contributed by atoms with Gasteiger partial charge < -0.3 is 14.8 Å². The third kappa shape index (κ3) is 6.37. The molecule has 1 aromatic heterocycles. The minimum atomic E-state index is -0.266. The molecule has 0 atom stereocenters. The molecule has 0 aliphatic heterocycles. The van der Waals surface area contributed by atoms with Gasteiger partial charge in [0.15, 0.2) is 22.4 Å². The van der Waals surface area contributed by atoms with Crippen LogP contribution in [0.15, 0.2) is 42.5 Å². The van der Waals surface area contributed by atoms with Crippen molar-refractivity contribution in [2.75, 3.05) is 19.0 Å². The molecule has 168 valence electrons. The van der Waals surface area contributed by atoms with Crippen LogP contribution in [-0.2, 0) is 11.2 Å². The topological polar surface area (TPSA) is 77.5 Å². The molecule has 0 aliphatic rings. The number of halogens is 1. The van der Waals surface area contributed by atoms with Gasteiger partial charge in [0.2, 0.25) is 5.91 Å². The van der Waals surface area contributed by atoms with Gasteiger partial charge in [0.25, 0.3) is 0 Å². The van der Waals surface area contributed by atoms with Gasteiger partial charge in [0, 0.05) is 23.3 Å². The first-order valence-corrected chi connectivity index (χ1v) is 11.0. The number of thiazole rings is 1. The summed E-state index contributed by atoms with van der Waals surface area (Å²) < 4.78 is 24.1. The maximum atomic E-state index is 13.1. The zero-order valence-electron chi connectivity index (χ0n) is 18.2. The van der Waals surface area contributed by atoms with Crippen LogP contribution in [0.25, 0.3) is 0 Å². The molecule has 0 radical (unpaired) electrons. The molecule has 0 bridgehead atoms. The van der Waals surface area contributed by atoms with Gasteiger partial charge in [-0.2, -0.15) is 0 Å². The van der Waals surface area contributed by atoms with Gasteiger partial charge >= 0.3 is 0 Å². The number of aryl methyl sites for hydroxylation is 1. The fourth-order valence-electron chi connectivity index (χ4n) is 3.04. The summed E-state index contributed by atoms with van der Waals surface area (Å²) in [4.78, 5) is 29.2. The molecule has 1 amide bonds. The third-order valence-corrected chi connectivity index (χ3v) is 5.87. The molecule has 3 aromatic rings. The number of carbonyl (C=O) groups is 2. The van der Waals surface area contributed by atoms with Gasteiger partial charge in [0.05, 0.1) is 19.4 Å². The maximum Gasteiger partial charge on any atom is 0.226 e. The summed E-state index contributed by atoms with van der Waals surface area (Å²) in [7, 11) is 1.51. The highest BCUT2D eigenvalue weighted by atomic mass is 32.1. The number of Topliss-reactive ketones (excluding diaryl/α,β-unsaturated/α-hetero) is 1. The summed E-state index contributed by atoms with van der Waals surface area (Å²) in [6.07, 6.45) is 1.42. The Hall–Kier alpha value is -3.26. The van der Waals surface area contributed by atoms with E-state index in [0.717, 1.165) is 16.1 Å². The van der Waals surface area contributed by atoms with Crippen LogP contribution in [0.3, 0.4) is 0 Å². The van der Waals surface area contributed by atoms with Crippen LogP contribution >= 0.6 is 11.3 Å². The number of ether oxygens (including phenoxy) is 2. The van der Waals surface area contributed by atoms with E-state index in [1.807, 2.05) is 6.92 Å². The summed E-state index contributed by atoms with van der Waals surface area (Å²) in [5.74, 6) is 0.547. The van der Waals surface area contributed by atoms with Crippen LogP contribution in [-0.4, -0.2) is 30.4 Å². The first-order valence-electron chi connectivity index (χ1n) is 10.2. The lowest BCUT2D eigenvalue weighted by Crippen LogP contribution is -2.12. The normalized spacial score (nSPS) is 10.6. The van der Waals surface area contributed by atoms with Crippen LogP contribution in [0.1, 0.15) is 46.3 Å². The standard InChI is InChI=1S/C24H25FN2O4S/c1-15-22(13-17-6-9-19(25)10-7-17)32-24(26-15)27-23(29)5-4-12-31-20-11-8-18(16(2)28)14-21(20)30-3/h6-11,14H,4-5,12-13H2,1-3H3,(H,26,27,29). The van der Waals surface area contributed by atoms with E-state index < -0.39 is 0 Å². The summed E-state index contributed by atoms with van der Waals surface area (Å²) in [5.41, 5.74) is 2.38. The Labute approximate surface area is 190 Å². The zero-order chi connectivity index (χ0) is 23.1. The monoisotopic (exact) mass is 456 g/mol. The largest absolute Gasteiger partial charge is 0.493 e. The molecule has 0 unspecified atom stereocenters. The van der Waals surface area contributed by atoms with Crippen molar-refractivity contribution in [3.8, 4) is 11.5 Å². The number of aromatic nitrogens is 1. The molecule has 1 heterocycles. The number of methoxy groups -OCH3 is 1. The molecule has 0 saturated heterocycles. The van der Waals surface area contributed by atoms with Crippen molar-refractivity contribution in [1.29, 1.82) is 0 Å². The quantitative estimate of drug-likeness (QED) is 0.336. The zero-order valence-corrected chi connectivity index (χ0v) is 19.1. The number of ketones is 1. The number of benzene rings is 2. The predicted octanol–water partition coefficient (Wildman–Crippen LogP) is 5.19. The molecule has 3 rings (SSSR count). The van der Waals surface area contributed by atoms with Crippen molar-refractivity contribution in [2.45, 2.75) is 33.1 Å². The second kappa shape index (κ2) is 10.9. The number of nitrogens with one attached hydrogen (secondary N) is 1. The summed E-state index contributed by atoms with van der Waals surface area (Å²) in [5, 5.41) is 3.38. The molecule has 0 saturated carbocycles. The molecule has 6 nitrogen and oxygen atoms in total. The highest BCUT2D eigenvalue weighted by Crippen LogP contribution is 2.29. The number of carbonyl (C=O) groups excluding carboxylic acids is 2. The fourth-order valence-corrected chi connectivity index (χ4v) is 4.05. The summed E-state index contributed by atoms with van der Waals surface area (Å²) >= 11 is 1.42. The van der Waals surface area contributed by atoms with E-state index in [2.05, 4.69) is 10.3 Å². The van der Waals surface area contributed by atoms with Crippen molar-refractivity contribution >= 4 is 28.2 Å². The van der Waals surface area contributed by atoms with E-state index in [1.165, 1.54) is 37.5 Å². The van der Waals surface area contributed by atoms with E-state index in [1.54, 1.807) is 30.3 Å². The van der Waals surface area contributed by atoms with Crippen LogP contribution in [0, 0.1) is 12.7 Å². The van der Waals surface area contributed by atoms with Gasteiger partial charge in [-0.3, -0.25) is 9.59 Å². The Balaban J connectivity index is 1.47. The smallest absolute Gasteiger partial charge is 0.226 e. The Morgan fingerprint density at radius 3 is 2.56 bits per heavy atom. The highest BCUT2D eigenvalue weighted by molar-refractivity contribution is 7.15. The first kappa shape index (κ1) is 23.4. The first-order chi connectivity index (χ1) is 15.4. The van der Waals surface area contributed by atoms with Crippen LogP contribution in [0.4, 0.5) is 9.52 Å². The molecule has 8 heteroatoms. The van der Waals surface area contributed by atoms with E-state index >= 15 is 0 Å². The lowest BCUT2D eigenvalue weighted by Gasteiger charge is -2.11. The van der Waals surface area contributed by atoms with Crippen LogP contribution < -0.4 is 14.8 Å². The number of nitrogens with zero attached hydrogens (tertiary/aromatic N) is 1. The molecular formula is C24H25FN2O4S. The number of rotatable bonds is 10. The summed E-state index contributed by atoms with van der Waals surface area (Å²) in [6.45, 7) is 3.71. The Bertz CT molecular complexity index is 1100. The van der Waals surface area contributed by atoms with Gasteiger partial charge in [-0.05, 0) is 56.2 Å². The van der Waals surface area contributed by atoms with Gasteiger partial charge in [-0.25, -0.2) is 9.37 Å². The van der Waals surface area contributed by atoms with Crippen LogP contribution in [0.2, 0.25) is 0 Å². The predicted molar refractivity (Wildman–Crippen MR) is 122 cm³/mol. The number of amides is 1. The van der Waals surface area contributed by atoms with Crippen LogP contribution in [0.5, 0.6) is 11.5 Å². The molecule has 1 N–H and O–H groups in total. The minimum Gasteiger partial charge on any atom is -0.493 e. The fraction of sp³-hybridized carbons (Fsp3) is 0.292. The SMILES string of the molecule is COc1cc(C(C)=O)ccc1OCCCC(=O)Nc1nc(C)c(Cc2ccc(F)cc2)s1. The molecule has 0 fully saturated rings. The third-order valence-electron chi connectivity index (χ3n) is 4.79. The average Bonchev–Trinajstić information content (AvgIpc) is 3.11.